The monoisotopic (exact) mass is 274 g/mol. The van der Waals surface area contributed by atoms with Gasteiger partial charge in [0.1, 0.15) is 5.82 Å². The molecule has 4 nitrogen and oxygen atoms in total. The molecule has 0 N–H and O–H groups in total. The molecule has 0 spiro atoms. The molecule has 0 aliphatic rings. The molecule has 2 heterocycles. The summed E-state index contributed by atoms with van der Waals surface area (Å²) in [5, 5.41) is 4.20. The standard InChI is InChI=1S/C14H15ClN4/c1-10-3-4-12-13(5-10)19(14(6-15)17-12)9-11-7-16-18(2)8-11/h3-5,7-8H,6,9H2,1-2H3. The molecule has 19 heavy (non-hydrogen) atoms. The van der Waals surface area contributed by atoms with Crippen LogP contribution in [-0.4, -0.2) is 19.3 Å². The highest BCUT2D eigenvalue weighted by Gasteiger charge is 2.11. The molecule has 0 aliphatic carbocycles. The molecule has 0 unspecified atom stereocenters. The minimum Gasteiger partial charge on any atom is -0.322 e. The summed E-state index contributed by atoms with van der Waals surface area (Å²) in [4.78, 5) is 4.58. The van der Waals surface area contributed by atoms with Crippen molar-refractivity contribution in [2.45, 2.75) is 19.3 Å². The van der Waals surface area contributed by atoms with Crippen molar-refractivity contribution in [1.82, 2.24) is 19.3 Å². The summed E-state index contributed by atoms with van der Waals surface area (Å²) in [5.74, 6) is 1.31. The van der Waals surface area contributed by atoms with Crippen LogP contribution in [0.2, 0.25) is 0 Å². The van der Waals surface area contributed by atoms with Crippen LogP contribution in [-0.2, 0) is 19.5 Å². The van der Waals surface area contributed by atoms with E-state index in [-0.39, 0.29) is 0 Å². The Morgan fingerprint density at radius 3 is 2.84 bits per heavy atom. The molecule has 0 saturated heterocycles. The minimum atomic E-state index is 0.411. The number of hydrogen-bond donors (Lipinski definition) is 0. The number of rotatable bonds is 3. The molecule has 98 valence electrons. The van der Waals surface area contributed by atoms with Crippen molar-refractivity contribution in [3.8, 4) is 0 Å². The van der Waals surface area contributed by atoms with Crippen molar-refractivity contribution < 1.29 is 0 Å². The maximum atomic E-state index is 6.01. The van der Waals surface area contributed by atoms with E-state index in [1.54, 1.807) is 4.68 Å². The quantitative estimate of drug-likeness (QED) is 0.689. The van der Waals surface area contributed by atoms with Crippen LogP contribution in [0.1, 0.15) is 17.0 Å². The second-order valence-corrected chi connectivity index (χ2v) is 5.03. The fraction of sp³-hybridized carbons (Fsp3) is 0.286. The van der Waals surface area contributed by atoms with Crippen molar-refractivity contribution in [2.75, 3.05) is 0 Å². The third kappa shape index (κ3) is 2.24. The van der Waals surface area contributed by atoms with E-state index in [1.165, 1.54) is 5.56 Å². The normalized spacial score (nSPS) is 11.3. The van der Waals surface area contributed by atoms with Crippen LogP contribution >= 0.6 is 11.6 Å². The predicted octanol–water partition coefficient (Wildman–Crippen LogP) is 2.87. The first-order valence-corrected chi connectivity index (χ1v) is 6.70. The molecule has 0 atom stereocenters. The number of benzene rings is 1. The van der Waals surface area contributed by atoms with Crippen molar-refractivity contribution in [3.05, 3.63) is 47.5 Å². The largest absolute Gasteiger partial charge is 0.322 e. The first-order chi connectivity index (χ1) is 9.17. The molecule has 0 saturated carbocycles. The molecule has 2 aromatic heterocycles. The lowest BCUT2D eigenvalue weighted by Crippen LogP contribution is -2.03. The maximum Gasteiger partial charge on any atom is 0.125 e. The third-order valence-electron chi connectivity index (χ3n) is 3.20. The summed E-state index contributed by atoms with van der Waals surface area (Å²) < 4.78 is 3.96. The van der Waals surface area contributed by atoms with Gasteiger partial charge in [0.25, 0.3) is 0 Å². The maximum absolute atomic E-state index is 6.01. The average molecular weight is 275 g/mol. The number of aryl methyl sites for hydroxylation is 2. The Hall–Kier alpha value is -1.81. The smallest absolute Gasteiger partial charge is 0.125 e. The summed E-state index contributed by atoms with van der Waals surface area (Å²) in [6.45, 7) is 2.83. The van der Waals surface area contributed by atoms with Gasteiger partial charge in [-0.2, -0.15) is 5.10 Å². The summed E-state index contributed by atoms with van der Waals surface area (Å²) in [7, 11) is 1.92. The summed E-state index contributed by atoms with van der Waals surface area (Å²) in [6, 6.07) is 6.26. The third-order valence-corrected chi connectivity index (χ3v) is 3.44. The summed E-state index contributed by atoms with van der Waals surface area (Å²) in [5.41, 5.74) is 4.49. The van der Waals surface area contributed by atoms with Crippen LogP contribution < -0.4 is 0 Å². The number of aromatic nitrogens is 4. The lowest BCUT2D eigenvalue weighted by Gasteiger charge is -2.06. The van der Waals surface area contributed by atoms with Gasteiger partial charge in [-0.25, -0.2) is 4.98 Å². The van der Waals surface area contributed by atoms with E-state index < -0.39 is 0 Å². The number of halogens is 1. The van der Waals surface area contributed by atoms with Crippen LogP contribution in [0.15, 0.2) is 30.6 Å². The lowest BCUT2D eigenvalue weighted by atomic mass is 10.2. The molecule has 5 heteroatoms. The fourth-order valence-corrected chi connectivity index (χ4v) is 2.50. The van der Waals surface area contributed by atoms with Gasteiger partial charge in [-0.3, -0.25) is 4.68 Å². The zero-order chi connectivity index (χ0) is 13.4. The topological polar surface area (TPSA) is 35.6 Å². The van der Waals surface area contributed by atoms with Crippen LogP contribution in [0.25, 0.3) is 11.0 Å². The van der Waals surface area contributed by atoms with E-state index in [2.05, 4.69) is 33.7 Å². The highest BCUT2D eigenvalue weighted by atomic mass is 35.5. The van der Waals surface area contributed by atoms with E-state index in [4.69, 9.17) is 11.6 Å². The Kier molecular flexibility index (Phi) is 3.03. The zero-order valence-corrected chi connectivity index (χ0v) is 11.7. The second-order valence-electron chi connectivity index (χ2n) is 4.76. The molecular formula is C14H15ClN4. The van der Waals surface area contributed by atoms with Crippen LogP contribution in [0.4, 0.5) is 0 Å². The first kappa shape index (κ1) is 12.2. The van der Waals surface area contributed by atoms with Crippen molar-refractivity contribution in [1.29, 1.82) is 0 Å². The van der Waals surface area contributed by atoms with Gasteiger partial charge >= 0.3 is 0 Å². The summed E-state index contributed by atoms with van der Waals surface area (Å²) >= 11 is 6.01. The molecular weight excluding hydrogens is 260 g/mol. The zero-order valence-electron chi connectivity index (χ0n) is 11.0. The van der Waals surface area contributed by atoms with Crippen molar-refractivity contribution in [2.24, 2.45) is 7.05 Å². The molecule has 0 radical (unpaired) electrons. The highest BCUT2D eigenvalue weighted by molar-refractivity contribution is 6.16. The van der Waals surface area contributed by atoms with Gasteiger partial charge in [0, 0.05) is 18.8 Å². The van der Waals surface area contributed by atoms with Gasteiger partial charge in [-0.05, 0) is 24.6 Å². The van der Waals surface area contributed by atoms with E-state index in [1.807, 2.05) is 25.5 Å². The van der Waals surface area contributed by atoms with E-state index in [0.717, 1.165) is 29.0 Å². The average Bonchev–Trinajstić information content (AvgIpc) is 2.94. The van der Waals surface area contributed by atoms with Gasteiger partial charge in [0.15, 0.2) is 0 Å². The Balaban J connectivity index is 2.12. The molecule has 0 bridgehead atoms. The Labute approximate surface area is 116 Å². The Morgan fingerprint density at radius 1 is 1.32 bits per heavy atom. The van der Waals surface area contributed by atoms with Crippen LogP contribution in [0.3, 0.4) is 0 Å². The SMILES string of the molecule is Cc1ccc2nc(CCl)n(Cc3cnn(C)c3)c2c1. The number of imidazole rings is 1. The second kappa shape index (κ2) is 4.70. The highest BCUT2D eigenvalue weighted by Crippen LogP contribution is 2.20. The molecule has 3 rings (SSSR count). The summed E-state index contributed by atoms with van der Waals surface area (Å²) in [6.07, 6.45) is 3.89. The van der Waals surface area contributed by atoms with Gasteiger partial charge < -0.3 is 4.57 Å². The molecule has 0 amide bonds. The molecule has 0 aliphatic heterocycles. The number of nitrogens with zero attached hydrogens (tertiary/aromatic N) is 4. The van der Waals surface area contributed by atoms with Crippen molar-refractivity contribution in [3.63, 3.8) is 0 Å². The van der Waals surface area contributed by atoms with Gasteiger partial charge in [-0.1, -0.05) is 6.07 Å². The first-order valence-electron chi connectivity index (χ1n) is 6.16. The van der Waals surface area contributed by atoms with E-state index >= 15 is 0 Å². The number of hydrogen-bond acceptors (Lipinski definition) is 2. The van der Waals surface area contributed by atoms with E-state index in [0.29, 0.717) is 5.88 Å². The fourth-order valence-electron chi connectivity index (χ4n) is 2.30. The Morgan fingerprint density at radius 2 is 2.16 bits per heavy atom. The number of fused-ring (bicyclic) bond motifs is 1. The molecule has 3 aromatic rings. The van der Waals surface area contributed by atoms with Gasteiger partial charge in [0.2, 0.25) is 0 Å². The molecule has 1 aromatic carbocycles. The predicted molar refractivity (Wildman–Crippen MR) is 76.3 cm³/mol. The minimum absolute atomic E-state index is 0.411. The number of alkyl halides is 1. The van der Waals surface area contributed by atoms with Crippen molar-refractivity contribution >= 4 is 22.6 Å². The van der Waals surface area contributed by atoms with Crippen LogP contribution in [0, 0.1) is 6.92 Å². The molecule has 0 fully saturated rings. The van der Waals surface area contributed by atoms with Gasteiger partial charge in [0.05, 0.1) is 29.7 Å². The lowest BCUT2D eigenvalue weighted by molar-refractivity contribution is 0.758. The Bertz CT molecular complexity index is 726. The van der Waals surface area contributed by atoms with Crippen LogP contribution in [0.5, 0.6) is 0 Å². The van der Waals surface area contributed by atoms with E-state index in [9.17, 15) is 0 Å². The van der Waals surface area contributed by atoms with Gasteiger partial charge in [-0.15, -0.1) is 11.6 Å².